The largest absolute Gasteiger partial charge is 0.384 e. The third kappa shape index (κ3) is 3.48. The van der Waals surface area contributed by atoms with Gasteiger partial charge >= 0.3 is 0 Å². The minimum atomic E-state index is -0.328. The summed E-state index contributed by atoms with van der Waals surface area (Å²) in [4.78, 5) is 15.7. The van der Waals surface area contributed by atoms with Gasteiger partial charge in [-0.3, -0.25) is 4.79 Å². The van der Waals surface area contributed by atoms with Crippen LogP contribution in [0.3, 0.4) is 0 Å². The number of ketones is 1. The minimum absolute atomic E-state index is 0.286. The highest BCUT2D eigenvalue weighted by Gasteiger charge is 2.38. The minimum Gasteiger partial charge on any atom is -0.384 e. The van der Waals surface area contributed by atoms with Gasteiger partial charge < -0.3 is 10.2 Å². The van der Waals surface area contributed by atoms with Gasteiger partial charge in [-0.2, -0.15) is 0 Å². The molecule has 0 spiro atoms. The lowest BCUT2D eigenvalue weighted by Crippen LogP contribution is -2.42. The normalized spacial score (nSPS) is 22.0. The Hall–Kier alpha value is -1.35. The molecular weight excluding hydrogens is 308 g/mol. The van der Waals surface area contributed by atoms with Gasteiger partial charge in [0.2, 0.25) is 0 Å². The van der Waals surface area contributed by atoms with Gasteiger partial charge in [0.05, 0.1) is 0 Å². The smallest absolute Gasteiger partial charge is 0.168 e. The fourth-order valence-corrected chi connectivity index (χ4v) is 4.64. The first-order valence-corrected chi connectivity index (χ1v) is 10.0. The van der Waals surface area contributed by atoms with E-state index in [1.807, 2.05) is 20.8 Å². The van der Waals surface area contributed by atoms with Crippen molar-refractivity contribution >= 4 is 11.5 Å². The molecule has 25 heavy (non-hydrogen) atoms. The summed E-state index contributed by atoms with van der Waals surface area (Å²) in [7, 11) is 0. The van der Waals surface area contributed by atoms with Gasteiger partial charge in [-0.05, 0) is 62.0 Å². The number of hydrogen-bond acceptors (Lipinski definition) is 3. The molecule has 3 rings (SSSR count). The van der Waals surface area contributed by atoms with Crippen LogP contribution in [-0.4, -0.2) is 36.4 Å². The number of Topliss-reactive ketones (excluding diaryl/α,β-unsaturated/α-hetero) is 1. The van der Waals surface area contributed by atoms with Gasteiger partial charge in [-0.25, -0.2) is 0 Å². The molecule has 1 N–H and O–H groups in total. The molecule has 1 aliphatic heterocycles. The predicted octanol–water partition coefficient (Wildman–Crippen LogP) is 4.86. The summed E-state index contributed by atoms with van der Waals surface area (Å²) in [5.74, 6) is 0.849. The summed E-state index contributed by atoms with van der Waals surface area (Å²) in [6, 6.07) is 4.77. The van der Waals surface area contributed by atoms with E-state index in [0.29, 0.717) is 12.0 Å². The zero-order valence-corrected chi connectivity index (χ0v) is 16.6. The number of carbonyl (C=O) groups excluding carboxylic acids is 1. The SMILES string of the molecule is CCCN(CCC)[C@H]1Cc2c(C(=O)C(C)(C)C)ccc3c2[C@@H](CN3)C1. The molecule has 0 aromatic heterocycles. The van der Waals surface area contributed by atoms with Crippen LogP contribution < -0.4 is 5.32 Å². The van der Waals surface area contributed by atoms with Crippen LogP contribution in [0.2, 0.25) is 0 Å². The van der Waals surface area contributed by atoms with Crippen molar-refractivity contribution < 1.29 is 4.79 Å². The molecule has 2 atom stereocenters. The maximum absolute atomic E-state index is 13.1. The lowest BCUT2D eigenvalue weighted by Gasteiger charge is -2.38. The fraction of sp³-hybridized carbons (Fsp3) is 0.682. The van der Waals surface area contributed by atoms with Crippen molar-refractivity contribution in [2.45, 2.75) is 72.3 Å². The predicted molar refractivity (Wildman–Crippen MR) is 106 cm³/mol. The number of anilines is 1. The third-order valence-corrected chi connectivity index (χ3v) is 5.76. The van der Waals surface area contributed by atoms with Crippen LogP contribution in [0.25, 0.3) is 0 Å². The molecule has 0 saturated carbocycles. The van der Waals surface area contributed by atoms with Crippen molar-refractivity contribution in [3.63, 3.8) is 0 Å². The fourth-order valence-electron chi connectivity index (χ4n) is 4.64. The van der Waals surface area contributed by atoms with E-state index in [0.717, 1.165) is 31.6 Å². The second-order valence-corrected chi connectivity index (χ2v) is 8.84. The quantitative estimate of drug-likeness (QED) is 0.749. The Kier molecular flexibility index (Phi) is 5.24. The number of hydrogen-bond donors (Lipinski definition) is 1. The summed E-state index contributed by atoms with van der Waals surface area (Å²) in [5, 5.41) is 3.58. The van der Waals surface area contributed by atoms with E-state index in [1.165, 1.54) is 36.1 Å². The average molecular weight is 343 g/mol. The number of carbonyl (C=O) groups is 1. The molecule has 1 aromatic rings. The monoisotopic (exact) mass is 342 g/mol. The highest BCUT2D eigenvalue weighted by atomic mass is 16.1. The van der Waals surface area contributed by atoms with Crippen molar-refractivity contribution in [3.05, 3.63) is 28.8 Å². The number of rotatable bonds is 6. The van der Waals surface area contributed by atoms with Crippen LogP contribution in [-0.2, 0) is 6.42 Å². The Bertz CT molecular complexity index is 638. The molecule has 1 aromatic carbocycles. The highest BCUT2D eigenvalue weighted by Crippen LogP contribution is 2.44. The molecule has 3 heteroatoms. The third-order valence-electron chi connectivity index (χ3n) is 5.76. The molecule has 0 amide bonds. The van der Waals surface area contributed by atoms with E-state index in [4.69, 9.17) is 0 Å². The summed E-state index contributed by atoms with van der Waals surface area (Å²) < 4.78 is 0. The topological polar surface area (TPSA) is 32.3 Å². The summed E-state index contributed by atoms with van der Waals surface area (Å²) in [6.45, 7) is 14.0. The molecule has 1 aliphatic carbocycles. The summed E-state index contributed by atoms with van der Waals surface area (Å²) in [5.41, 5.74) is 4.69. The van der Waals surface area contributed by atoms with E-state index < -0.39 is 0 Å². The Morgan fingerprint density at radius 3 is 2.48 bits per heavy atom. The van der Waals surface area contributed by atoms with Gasteiger partial charge in [0.25, 0.3) is 0 Å². The molecule has 3 nitrogen and oxygen atoms in total. The second-order valence-electron chi connectivity index (χ2n) is 8.84. The Labute approximate surface area is 153 Å². The van der Waals surface area contributed by atoms with Crippen molar-refractivity contribution in [3.8, 4) is 0 Å². The van der Waals surface area contributed by atoms with Crippen LogP contribution in [0.15, 0.2) is 12.1 Å². The van der Waals surface area contributed by atoms with E-state index >= 15 is 0 Å². The molecule has 0 fully saturated rings. The maximum atomic E-state index is 13.1. The van der Waals surface area contributed by atoms with Crippen LogP contribution in [0.1, 0.15) is 81.3 Å². The van der Waals surface area contributed by atoms with E-state index in [9.17, 15) is 4.79 Å². The van der Waals surface area contributed by atoms with Gasteiger partial charge in [0.1, 0.15) is 0 Å². The van der Waals surface area contributed by atoms with Crippen molar-refractivity contribution in [1.29, 1.82) is 0 Å². The van der Waals surface area contributed by atoms with Crippen molar-refractivity contribution in [2.75, 3.05) is 25.0 Å². The number of nitrogens with one attached hydrogen (secondary N) is 1. The summed E-state index contributed by atoms with van der Waals surface area (Å²) in [6.07, 6.45) is 4.64. The molecule has 0 radical (unpaired) electrons. The number of benzene rings is 1. The van der Waals surface area contributed by atoms with E-state index in [2.05, 4.69) is 36.2 Å². The van der Waals surface area contributed by atoms with Gasteiger partial charge in [0, 0.05) is 35.2 Å². The molecule has 1 heterocycles. The van der Waals surface area contributed by atoms with Gasteiger partial charge in [-0.1, -0.05) is 34.6 Å². The van der Waals surface area contributed by atoms with Crippen LogP contribution in [0, 0.1) is 5.41 Å². The average Bonchev–Trinajstić information content (AvgIpc) is 2.98. The number of nitrogens with zero attached hydrogens (tertiary/aromatic N) is 1. The molecule has 2 aliphatic rings. The Balaban J connectivity index is 1.99. The zero-order valence-electron chi connectivity index (χ0n) is 16.6. The Morgan fingerprint density at radius 2 is 1.88 bits per heavy atom. The summed E-state index contributed by atoms with van der Waals surface area (Å²) >= 11 is 0. The maximum Gasteiger partial charge on any atom is 0.168 e. The second kappa shape index (κ2) is 7.11. The van der Waals surface area contributed by atoms with Gasteiger partial charge in [-0.15, -0.1) is 0 Å². The molecule has 0 bridgehead atoms. The first kappa shape index (κ1) is 18.4. The van der Waals surface area contributed by atoms with Crippen molar-refractivity contribution in [2.24, 2.45) is 5.41 Å². The zero-order chi connectivity index (χ0) is 18.2. The van der Waals surface area contributed by atoms with E-state index in [-0.39, 0.29) is 11.2 Å². The molecule has 138 valence electrons. The Morgan fingerprint density at radius 1 is 1.20 bits per heavy atom. The highest BCUT2D eigenvalue weighted by molar-refractivity contribution is 6.02. The van der Waals surface area contributed by atoms with Gasteiger partial charge in [0.15, 0.2) is 5.78 Å². The first-order valence-electron chi connectivity index (χ1n) is 10.0. The first-order chi connectivity index (χ1) is 11.9. The van der Waals surface area contributed by atoms with Crippen LogP contribution in [0.5, 0.6) is 0 Å². The lowest BCUT2D eigenvalue weighted by molar-refractivity contribution is 0.0855. The van der Waals surface area contributed by atoms with Crippen LogP contribution >= 0.6 is 0 Å². The van der Waals surface area contributed by atoms with E-state index in [1.54, 1.807) is 0 Å². The molecule has 0 unspecified atom stereocenters. The molecule has 0 saturated heterocycles. The van der Waals surface area contributed by atoms with Crippen molar-refractivity contribution in [1.82, 2.24) is 4.90 Å². The molecular formula is C22H34N2O. The lowest BCUT2D eigenvalue weighted by atomic mass is 9.75. The standard InChI is InChI=1S/C22H34N2O/c1-6-10-24(11-7-2)16-12-15-14-23-19-9-8-17(18(13-16)20(15)19)21(25)22(3,4)5/h8-9,15-16,23H,6-7,10-14H2,1-5H3/t15-,16-/m1/s1. The van der Waals surface area contributed by atoms with Crippen LogP contribution in [0.4, 0.5) is 5.69 Å².